The van der Waals surface area contributed by atoms with Crippen LogP contribution in [0.15, 0.2) is 24.5 Å². The largest absolute Gasteiger partial charge is 0.480 e. The van der Waals surface area contributed by atoms with E-state index in [-0.39, 0.29) is 0 Å². The molecule has 1 aromatic carbocycles. The van der Waals surface area contributed by atoms with Crippen molar-refractivity contribution in [3.63, 3.8) is 0 Å². The summed E-state index contributed by atoms with van der Waals surface area (Å²) in [6, 6.07) is 5.15. The lowest BCUT2D eigenvalue weighted by molar-refractivity contribution is -0.138. The molecule has 18 heavy (non-hydrogen) atoms. The third-order valence-electron chi connectivity index (χ3n) is 3.12. The molecule has 0 amide bonds. The number of rotatable bonds is 3. The molecule has 0 aliphatic carbocycles. The summed E-state index contributed by atoms with van der Waals surface area (Å²) in [5.74, 6) is -0.231. The first-order chi connectivity index (χ1) is 8.52. The summed E-state index contributed by atoms with van der Waals surface area (Å²) >= 11 is 0. The van der Waals surface area contributed by atoms with Crippen molar-refractivity contribution in [3.05, 3.63) is 30.1 Å². The molecule has 1 unspecified atom stereocenters. The van der Waals surface area contributed by atoms with E-state index in [1.807, 2.05) is 25.1 Å². The van der Waals surface area contributed by atoms with Gasteiger partial charge in [-0.25, -0.2) is 14.8 Å². The average Bonchev–Trinajstić information content (AvgIpc) is 2.36. The van der Waals surface area contributed by atoms with E-state index in [4.69, 9.17) is 5.11 Å². The number of carboxylic acid groups (broad SMARTS) is 1. The first-order valence-corrected chi connectivity index (χ1v) is 5.68. The number of anilines is 1. The van der Waals surface area contributed by atoms with Gasteiger partial charge >= 0.3 is 5.97 Å². The Kier molecular flexibility index (Phi) is 3.14. The van der Waals surface area contributed by atoms with Gasteiger partial charge in [0.25, 0.3) is 0 Å². The Labute approximate surface area is 105 Å². The minimum Gasteiger partial charge on any atom is -0.480 e. The molecule has 0 spiro atoms. The van der Waals surface area contributed by atoms with E-state index in [9.17, 15) is 4.79 Å². The van der Waals surface area contributed by atoms with Gasteiger partial charge in [-0.1, -0.05) is 12.1 Å². The number of aryl methyl sites for hydroxylation is 1. The lowest BCUT2D eigenvalue weighted by Crippen LogP contribution is -2.36. The zero-order valence-electron chi connectivity index (χ0n) is 10.6. The highest BCUT2D eigenvalue weighted by Gasteiger charge is 2.20. The van der Waals surface area contributed by atoms with Crippen molar-refractivity contribution in [1.82, 2.24) is 9.97 Å². The van der Waals surface area contributed by atoms with Crippen molar-refractivity contribution in [2.75, 3.05) is 11.9 Å². The highest BCUT2D eigenvalue weighted by Crippen LogP contribution is 2.26. The van der Waals surface area contributed by atoms with E-state index < -0.39 is 12.0 Å². The van der Waals surface area contributed by atoms with E-state index in [1.165, 1.54) is 6.33 Å². The van der Waals surface area contributed by atoms with E-state index >= 15 is 0 Å². The summed E-state index contributed by atoms with van der Waals surface area (Å²) in [5.41, 5.74) is 1.86. The molecule has 0 radical (unpaired) electrons. The molecule has 1 atom stereocenters. The van der Waals surface area contributed by atoms with Gasteiger partial charge in [-0.2, -0.15) is 0 Å². The Morgan fingerprint density at radius 2 is 2.11 bits per heavy atom. The number of hydrogen-bond donors (Lipinski definition) is 1. The summed E-state index contributed by atoms with van der Waals surface area (Å²) in [6.07, 6.45) is 1.46. The molecular weight excluding hydrogens is 230 g/mol. The van der Waals surface area contributed by atoms with Gasteiger partial charge in [0, 0.05) is 12.4 Å². The molecule has 94 valence electrons. The third kappa shape index (κ3) is 1.99. The maximum absolute atomic E-state index is 11.0. The van der Waals surface area contributed by atoms with E-state index in [0.717, 1.165) is 16.5 Å². The first-order valence-electron chi connectivity index (χ1n) is 5.68. The predicted molar refractivity (Wildman–Crippen MR) is 69.8 cm³/mol. The van der Waals surface area contributed by atoms with Crippen molar-refractivity contribution in [2.24, 2.45) is 0 Å². The summed E-state index contributed by atoms with van der Waals surface area (Å²) in [7, 11) is 1.73. The zero-order chi connectivity index (χ0) is 13.3. The molecule has 0 saturated carbocycles. The van der Waals surface area contributed by atoms with Gasteiger partial charge in [0.2, 0.25) is 0 Å². The summed E-state index contributed by atoms with van der Waals surface area (Å²) in [4.78, 5) is 21.1. The molecule has 0 aliphatic heterocycles. The Hall–Kier alpha value is -2.17. The number of aromatic nitrogens is 2. The number of fused-ring (bicyclic) bond motifs is 1. The van der Waals surface area contributed by atoms with Gasteiger partial charge in [-0.3, -0.25) is 0 Å². The number of aliphatic carboxylic acids is 1. The number of likely N-dealkylation sites (N-methyl/N-ethyl adjacent to an activating group) is 1. The standard InChI is InChI=1S/C13H15N3O2/c1-8-5-4-6-10-11(8)12(15-7-14-10)16(3)9(2)13(17)18/h4-7,9H,1-3H3,(H,17,18). The van der Waals surface area contributed by atoms with Crippen LogP contribution in [0.4, 0.5) is 5.82 Å². The molecule has 1 aromatic heterocycles. The third-order valence-corrected chi connectivity index (χ3v) is 3.12. The number of carboxylic acids is 1. The first kappa shape index (κ1) is 12.3. The Morgan fingerprint density at radius 1 is 1.39 bits per heavy atom. The molecule has 0 saturated heterocycles. The van der Waals surface area contributed by atoms with Crippen molar-refractivity contribution in [2.45, 2.75) is 19.9 Å². The maximum Gasteiger partial charge on any atom is 0.326 e. The van der Waals surface area contributed by atoms with Crippen molar-refractivity contribution in [1.29, 1.82) is 0 Å². The molecule has 2 aromatic rings. The molecule has 0 bridgehead atoms. The summed E-state index contributed by atoms with van der Waals surface area (Å²) in [6.45, 7) is 3.60. The quantitative estimate of drug-likeness (QED) is 0.893. The lowest BCUT2D eigenvalue weighted by Gasteiger charge is -2.24. The van der Waals surface area contributed by atoms with Gasteiger partial charge in [-0.15, -0.1) is 0 Å². The normalized spacial score (nSPS) is 12.4. The predicted octanol–water partition coefficient (Wildman–Crippen LogP) is 1.85. The van der Waals surface area contributed by atoms with Crippen LogP contribution in [-0.4, -0.2) is 34.1 Å². The second-order valence-corrected chi connectivity index (χ2v) is 4.29. The molecule has 5 nitrogen and oxygen atoms in total. The van der Waals surface area contributed by atoms with Crippen LogP contribution in [0.1, 0.15) is 12.5 Å². The summed E-state index contributed by atoms with van der Waals surface area (Å²) < 4.78 is 0. The van der Waals surface area contributed by atoms with Crippen molar-refractivity contribution < 1.29 is 9.90 Å². The highest BCUT2D eigenvalue weighted by molar-refractivity contribution is 5.93. The molecule has 0 aliphatic rings. The van der Waals surface area contributed by atoms with Crippen LogP contribution in [0.5, 0.6) is 0 Å². The Morgan fingerprint density at radius 3 is 2.78 bits per heavy atom. The van der Waals surface area contributed by atoms with Gasteiger partial charge in [-0.05, 0) is 25.5 Å². The van der Waals surface area contributed by atoms with Gasteiger partial charge < -0.3 is 10.0 Å². The van der Waals surface area contributed by atoms with Gasteiger partial charge in [0.1, 0.15) is 18.2 Å². The minimum absolute atomic E-state index is 0.636. The van der Waals surface area contributed by atoms with Crippen molar-refractivity contribution in [3.8, 4) is 0 Å². The van der Waals surface area contributed by atoms with Crippen LogP contribution in [0, 0.1) is 6.92 Å². The summed E-state index contributed by atoms with van der Waals surface area (Å²) in [5, 5.41) is 9.97. The number of nitrogens with zero attached hydrogens (tertiary/aromatic N) is 3. The zero-order valence-corrected chi connectivity index (χ0v) is 10.6. The molecular formula is C13H15N3O2. The van der Waals surface area contributed by atoms with E-state index in [2.05, 4.69) is 9.97 Å². The second kappa shape index (κ2) is 4.60. The SMILES string of the molecule is Cc1cccc2ncnc(N(C)C(C)C(=O)O)c12. The van der Waals surface area contributed by atoms with Crippen LogP contribution >= 0.6 is 0 Å². The number of benzene rings is 1. The molecule has 1 heterocycles. The average molecular weight is 245 g/mol. The minimum atomic E-state index is -0.877. The molecule has 0 fully saturated rings. The monoisotopic (exact) mass is 245 g/mol. The van der Waals surface area contributed by atoms with Crippen LogP contribution in [0.2, 0.25) is 0 Å². The fourth-order valence-corrected chi connectivity index (χ4v) is 1.88. The lowest BCUT2D eigenvalue weighted by atomic mass is 10.1. The van der Waals surface area contributed by atoms with Crippen LogP contribution in [0.3, 0.4) is 0 Å². The molecule has 2 rings (SSSR count). The fraction of sp³-hybridized carbons (Fsp3) is 0.308. The maximum atomic E-state index is 11.0. The Balaban J connectivity index is 2.61. The topological polar surface area (TPSA) is 66.3 Å². The number of carbonyl (C=O) groups is 1. The van der Waals surface area contributed by atoms with Crippen LogP contribution < -0.4 is 4.90 Å². The fourth-order valence-electron chi connectivity index (χ4n) is 1.88. The molecule has 1 N–H and O–H groups in total. The van der Waals surface area contributed by atoms with Crippen molar-refractivity contribution >= 4 is 22.7 Å². The van der Waals surface area contributed by atoms with Crippen LogP contribution in [0.25, 0.3) is 10.9 Å². The smallest absolute Gasteiger partial charge is 0.326 e. The number of hydrogen-bond acceptors (Lipinski definition) is 4. The highest BCUT2D eigenvalue weighted by atomic mass is 16.4. The van der Waals surface area contributed by atoms with E-state index in [1.54, 1.807) is 18.9 Å². The Bertz CT molecular complexity index is 593. The van der Waals surface area contributed by atoms with Gasteiger partial charge in [0.05, 0.1) is 5.52 Å². The van der Waals surface area contributed by atoms with Crippen LogP contribution in [-0.2, 0) is 4.79 Å². The van der Waals surface area contributed by atoms with E-state index in [0.29, 0.717) is 5.82 Å². The molecule has 5 heteroatoms. The second-order valence-electron chi connectivity index (χ2n) is 4.29. The van der Waals surface area contributed by atoms with Gasteiger partial charge in [0.15, 0.2) is 0 Å².